The smallest absolute Gasteiger partial charge is 0.303 e. The van der Waals surface area contributed by atoms with Crippen LogP contribution in [0.2, 0.25) is 0 Å². The van der Waals surface area contributed by atoms with Crippen molar-refractivity contribution in [1.29, 1.82) is 0 Å². The van der Waals surface area contributed by atoms with Crippen molar-refractivity contribution in [2.24, 2.45) is 0 Å². The number of carboxylic acid groups (broad SMARTS) is 1. The Morgan fingerprint density at radius 2 is 2.20 bits per heavy atom. The summed E-state index contributed by atoms with van der Waals surface area (Å²) in [6.45, 7) is 3.96. The van der Waals surface area contributed by atoms with E-state index in [1.54, 1.807) is 0 Å². The van der Waals surface area contributed by atoms with Gasteiger partial charge in [0.15, 0.2) is 0 Å². The van der Waals surface area contributed by atoms with Gasteiger partial charge in [0.25, 0.3) is 6.47 Å². The minimum Gasteiger partial charge on any atom is -0.481 e. The minimum absolute atomic E-state index is 0.0229. The molecule has 6 nitrogen and oxygen atoms in total. The van der Waals surface area contributed by atoms with Gasteiger partial charge < -0.3 is 9.84 Å². The van der Waals surface area contributed by atoms with Crippen LogP contribution in [0.25, 0.3) is 0 Å². The highest BCUT2D eigenvalue weighted by atomic mass is 17.2. The van der Waals surface area contributed by atoms with Crippen LogP contribution in [-0.4, -0.2) is 36.9 Å². The molecule has 0 saturated heterocycles. The number of carboxylic acids is 1. The van der Waals surface area contributed by atoms with Gasteiger partial charge in [0, 0.05) is 6.42 Å². The number of carbonyl (C=O) groups excluding carboxylic acids is 1. The van der Waals surface area contributed by atoms with Gasteiger partial charge in [0.05, 0.1) is 0 Å². The molecule has 1 N–H and O–H groups in total. The van der Waals surface area contributed by atoms with Crippen LogP contribution in [0.5, 0.6) is 0 Å². The summed E-state index contributed by atoms with van der Waals surface area (Å²) >= 11 is 0. The second-order valence-electron chi connectivity index (χ2n) is 2.59. The summed E-state index contributed by atoms with van der Waals surface area (Å²) < 4.78 is 4.34. The third-order valence-electron chi connectivity index (χ3n) is 1.45. The van der Waals surface area contributed by atoms with Crippen molar-refractivity contribution >= 4 is 12.4 Å². The molecule has 0 fully saturated rings. The van der Waals surface area contributed by atoms with Crippen molar-refractivity contribution in [3.05, 3.63) is 12.7 Å². The van der Waals surface area contributed by atoms with Crippen LogP contribution in [0, 0.1) is 0 Å². The molecule has 86 valence electrons. The average Bonchev–Trinajstić information content (AvgIpc) is 2.22. The van der Waals surface area contributed by atoms with Gasteiger partial charge in [0.1, 0.15) is 19.3 Å². The SMILES string of the molecule is C=CC(CCC(=O)O)OOCCOC=O. The molecule has 0 aromatic heterocycles. The van der Waals surface area contributed by atoms with E-state index in [-0.39, 0.29) is 26.1 Å². The molecule has 1 unspecified atom stereocenters. The first kappa shape index (κ1) is 13.6. The van der Waals surface area contributed by atoms with Gasteiger partial charge in [-0.2, -0.15) is 0 Å². The van der Waals surface area contributed by atoms with E-state index in [2.05, 4.69) is 16.2 Å². The van der Waals surface area contributed by atoms with Gasteiger partial charge in [-0.25, -0.2) is 9.78 Å². The number of aliphatic carboxylic acids is 1. The van der Waals surface area contributed by atoms with Gasteiger partial charge in [-0.1, -0.05) is 6.08 Å². The summed E-state index contributed by atoms with van der Waals surface area (Å²) in [5.74, 6) is -0.908. The first-order chi connectivity index (χ1) is 7.20. The molecule has 0 heterocycles. The van der Waals surface area contributed by atoms with Crippen LogP contribution in [0.1, 0.15) is 12.8 Å². The van der Waals surface area contributed by atoms with Crippen LogP contribution in [0.3, 0.4) is 0 Å². The highest BCUT2D eigenvalue weighted by molar-refractivity contribution is 5.66. The number of rotatable bonds is 10. The van der Waals surface area contributed by atoms with E-state index in [4.69, 9.17) is 9.99 Å². The van der Waals surface area contributed by atoms with Crippen LogP contribution >= 0.6 is 0 Å². The van der Waals surface area contributed by atoms with Gasteiger partial charge in [-0.05, 0) is 6.42 Å². The molecule has 0 aliphatic rings. The molecule has 0 aromatic rings. The Labute approximate surface area is 87.4 Å². The lowest BCUT2D eigenvalue weighted by molar-refractivity contribution is -0.317. The van der Waals surface area contributed by atoms with Crippen LogP contribution in [-0.2, 0) is 24.1 Å². The molecular formula is C9H14O6. The van der Waals surface area contributed by atoms with Gasteiger partial charge in [0.2, 0.25) is 0 Å². The maximum atomic E-state index is 10.2. The molecular weight excluding hydrogens is 204 g/mol. The first-order valence-corrected chi connectivity index (χ1v) is 4.38. The maximum absolute atomic E-state index is 10.2. The lowest BCUT2D eigenvalue weighted by atomic mass is 10.2. The number of ether oxygens (including phenoxy) is 1. The molecule has 0 aliphatic carbocycles. The fourth-order valence-corrected chi connectivity index (χ4v) is 0.737. The zero-order valence-corrected chi connectivity index (χ0v) is 8.26. The third kappa shape index (κ3) is 8.92. The number of carbonyl (C=O) groups is 2. The molecule has 0 aliphatic heterocycles. The molecule has 0 aromatic carbocycles. The quantitative estimate of drug-likeness (QED) is 0.189. The predicted molar refractivity (Wildman–Crippen MR) is 49.9 cm³/mol. The lowest BCUT2D eigenvalue weighted by Crippen LogP contribution is -2.14. The van der Waals surface area contributed by atoms with Crippen molar-refractivity contribution in [1.82, 2.24) is 0 Å². The van der Waals surface area contributed by atoms with E-state index >= 15 is 0 Å². The highest BCUT2D eigenvalue weighted by Crippen LogP contribution is 2.04. The van der Waals surface area contributed by atoms with E-state index in [0.29, 0.717) is 6.47 Å². The zero-order chi connectivity index (χ0) is 11.5. The van der Waals surface area contributed by atoms with Crippen molar-refractivity contribution in [3.63, 3.8) is 0 Å². The van der Waals surface area contributed by atoms with Gasteiger partial charge in [-0.15, -0.1) is 6.58 Å². The van der Waals surface area contributed by atoms with E-state index in [1.165, 1.54) is 6.08 Å². The Morgan fingerprint density at radius 3 is 2.73 bits per heavy atom. The normalized spacial score (nSPS) is 11.7. The monoisotopic (exact) mass is 218 g/mol. The van der Waals surface area contributed by atoms with Crippen molar-refractivity contribution in [2.75, 3.05) is 13.2 Å². The molecule has 15 heavy (non-hydrogen) atoms. The predicted octanol–water partition coefficient (Wildman–Crippen LogP) is 0.527. The van der Waals surface area contributed by atoms with E-state index in [0.717, 1.165) is 0 Å². The second-order valence-corrected chi connectivity index (χ2v) is 2.59. The van der Waals surface area contributed by atoms with Gasteiger partial charge >= 0.3 is 5.97 Å². The fraction of sp³-hybridized carbons (Fsp3) is 0.556. The van der Waals surface area contributed by atoms with Crippen molar-refractivity contribution in [3.8, 4) is 0 Å². The standard InChI is InChI=1S/C9H14O6/c1-2-8(3-4-9(11)12)15-14-6-5-13-7-10/h2,7-8H,1,3-6H2,(H,11,12). The Hall–Kier alpha value is -1.40. The van der Waals surface area contributed by atoms with Gasteiger partial charge in [-0.3, -0.25) is 9.59 Å². The summed E-state index contributed by atoms with van der Waals surface area (Å²) in [7, 11) is 0. The third-order valence-corrected chi connectivity index (χ3v) is 1.45. The van der Waals surface area contributed by atoms with E-state index in [1.807, 2.05) is 0 Å². The first-order valence-electron chi connectivity index (χ1n) is 4.38. The molecule has 0 saturated carbocycles. The van der Waals surface area contributed by atoms with Crippen LogP contribution in [0.4, 0.5) is 0 Å². The fourth-order valence-electron chi connectivity index (χ4n) is 0.737. The van der Waals surface area contributed by atoms with E-state index in [9.17, 15) is 9.59 Å². The van der Waals surface area contributed by atoms with Crippen LogP contribution < -0.4 is 0 Å². The number of hydrogen-bond acceptors (Lipinski definition) is 5. The molecule has 6 heteroatoms. The number of hydrogen-bond donors (Lipinski definition) is 1. The van der Waals surface area contributed by atoms with Crippen LogP contribution in [0.15, 0.2) is 12.7 Å². The topological polar surface area (TPSA) is 82.1 Å². The lowest BCUT2D eigenvalue weighted by Gasteiger charge is -2.10. The molecule has 0 rings (SSSR count). The Bertz CT molecular complexity index is 203. The largest absolute Gasteiger partial charge is 0.481 e. The zero-order valence-electron chi connectivity index (χ0n) is 8.26. The second kappa shape index (κ2) is 9.17. The molecule has 0 bridgehead atoms. The molecule has 0 radical (unpaired) electrons. The Morgan fingerprint density at radius 1 is 1.47 bits per heavy atom. The summed E-state index contributed by atoms with van der Waals surface area (Å²) in [6, 6.07) is 0. The molecule has 0 spiro atoms. The Balaban J connectivity index is 3.48. The Kier molecular flexibility index (Phi) is 8.31. The summed E-state index contributed by atoms with van der Waals surface area (Å²) in [4.78, 5) is 29.5. The summed E-state index contributed by atoms with van der Waals surface area (Å²) in [6.07, 6.45) is 1.24. The van der Waals surface area contributed by atoms with Crippen molar-refractivity contribution in [2.45, 2.75) is 18.9 Å². The summed E-state index contributed by atoms with van der Waals surface area (Å²) in [5.41, 5.74) is 0. The van der Waals surface area contributed by atoms with Crippen molar-refractivity contribution < 1.29 is 29.2 Å². The highest BCUT2D eigenvalue weighted by Gasteiger charge is 2.08. The molecule has 1 atom stereocenters. The van der Waals surface area contributed by atoms with E-state index < -0.39 is 12.1 Å². The minimum atomic E-state index is -0.908. The average molecular weight is 218 g/mol. The summed E-state index contributed by atoms with van der Waals surface area (Å²) in [5, 5.41) is 8.41. The maximum Gasteiger partial charge on any atom is 0.303 e. The molecule has 0 amide bonds.